The number of likely N-dealkylation sites (N-methyl/N-ethyl adjacent to an activating group) is 2. The second kappa shape index (κ2) is 12.3. The minimum Gasteiger partial charge on any atom is -0.460 e. The largest absolute Gasteiger partial charge is 0.460 e. The lowest BCUT2D eigenvalue weighted by Crippen LogP contribution is -2.41. The van der Waals surface area contributed by atoms with Gasteiger partial charge in [0.05, 0.1) is 12.1 Å². The van der Waals surface area contributed by atoms with Crippen molar-refractivity contribution in [3.63, 3.8) is 0 Å². The molecule has 0 N–H and O–H groups in total. The molecule has 0 unspecified atom stereocenters. The number of ether oxygens (including phenoxy) is 4. The molecule has 2 atom stereocenters. The van der Waals surface area contributed by atoms with Crippen LogP contribution < -0.4 is 0 Å². The second-order valence-corrected chi connectivity index (χ2v) is 9.47. The standard InChI is InChI=1S/C22H38N2O8/c1-15(23(9)19(27)31-21(3,4)5)13-29-17(25)11-12-18(26)30-14-16(2)24(10)20(28)32-22(6,7)8/h11-12,15-16H,13-14H2,1-10H3/b12-11+/t15-,16-/m0/s1. The van der Waals surface area contributed by atoms with Crippen molar-refractivity contribution in [3.8, 4) is 0 Å². The van der Waals surface area contributed by atoms with Gasteiger partial charge in [0.25, 0.3) is 0 Å². The van der Waals surface area contributed by atoms with Gasteiger partial charge < -0.3 is 28.7 Å². The molecule has 0 heterocycles. The summed E-state index contributed by atoms with van der Waals surface area (Å²) >= 11 is 0. The van der Waals surface area contributed by atoms with Crippen molar-refractivity contribution in [3.05, 3.63) is 12.2 Å². The zero-order valence-corrected chi connectivity index (χ0v) is 20.9. The molecule has 32 heavy (non-hydrogen) atoms. The molecule has 0 fully saturated rings. The monoisotopic (exact) mass is 458 g/mol. The van der Waals surface area contributed by atoms with E-state index < -0.39 is 47.4 Å². The molecule has 10 nitrogen and oxygen atoms in total. The Bertz CT molecular complexity index is 633. The lowest BCUT2D eigenvalue weighted by Gasteiger charge is -2.28. The van der Waals surface area contributed by atoms with Crippen LogP contribution in [0, 0.1) is 0 Å². The molecule has 0 aliphatic carbocycles. The quantitative estimate of drug-likeness (QED) is 0.310. The number of carbonyl (C=O) groups excluding carboxylic acids is 4. The van der Waals surface area contributed by atoms with Crippen LogP contribution >= 0.6 is 0 Å². The summed E-state index contributed by atoms with van der Waals surface area (Å²) < 4.78 is 20.6. The summed E-state index contributed by atoms with van der Waals surface area (Å²) in [5, 5.41) is 0. The van der Waals surface area contributed by atoms with Gasteiger partial charge in [-0.15, -0.1) is 0 Å². The first-order valence-corrected chi connectivity index (χ1v) is 10.4. The molecular formula is C22H38N2O8. The maximum absolute atomic E-state index is 12.0. The highest BCUT2D eigenvalue weighted by Gasteiger charge is 2.24. The Morgan fingerprint density at radius 3 is 1.22 bits per heavy atom. The summed E-state index contributed by atoms with van der Waals surface area (Å²) in [6.45, 7) is 13.8. The molecule has 0 saturated carbocycles. The summed E-state index contributed by atoms with van der Waals surface area (Å²) in [6.07, 6.45) is 0.798. The molecule has 0 aromatic heterocycles. The molecule has 0 aromatic rings. The Labute approximate surface area is 190 Å². The summed E-state index contributed by atoms with van der Waals surface area (Å²) in [7, 11) is 3.07. The first-order chi connectivity index (χ1) is 14.4. The van der Waals surface area contributed by atoms with Gasteiger partial charge in [-0.25, -0.2) is 19.2 Å². The third-order valence-corrected chi connectivity index (χ3v) is 3.97. The Balaban J connectivity index is 4.43. The van der Waals surface area contributed by atoms with Crippen LogP contribution in [-0.4, -0.2) is 84.5 Å². The van der Waals surface area contributed by atoms with Crippen LogP contribution in [0.2, 0.25) is 0 Å². The summed E-state index contributed by atoms with van der Waals surface area (Å²) in [4.78, 5) is 50.3. The van der Waals surface area contributed by atoms with Gasteiger partial charge in [-0.1, -0.05) is 0 Å². The van der Waals surface area contributed by atoms with Crippen LogP contribution in [0.3, 0.4) is 0 Å². The third kappa shape index (κ3) is 12.8. The van der Waals surface area contributed by atoms with Crippen LogP contribution in [0.15, 0.2) is 12.2 Å². The van der Waals surface area contributed by atoms with Crippen molar-refractivity contribution >= 4 is 24.1 Å². The third-order valence-electron chi connectivity index (χ3n) is 3.97. The van der Waals surface area contributed by atoms with Crippen LogP contribution in [0.5, 0.6) is 0 Å². The molecule has 0 spiro atoms. The fraction of sp³-hybridized carbons (Fsp3) is 0.727. The van der Waals surface area contributed by atoms with E-state index in [1.807, 2.05) is 0 Å². The molecule has 0 aromatic carbocycles. The van der Waals surface area contributed by atoms with Crippen molar-refractivity contribution < 1.29 is 38.1 Å². The van der Waals surface area contributed by atoms with Crippen molar-refractivity contribution in [1.82, 2.24) is 9.80 Å². The number of hydrogen-bond donors (Lipinski definition) is 0. The molecule has 0 aliphatic heterocycles. The predicted molar refractivity (Wildman–Crippen MR) is 118 cm³/mol. The van der Waals surface area contributed by atoms with E-state index in [0.29, 0.717) is 0 Å². The highest BCUT2D eigenvalue weighted by atomic mass is 16.6. The van der Waals surface area contributed by atoms with Gasteiger partial charge in [-0.05, 0) is 55.4 Å². The van der Waals surface area contributed by atoms with E-state index in [1.165, 1.54) is 23.9 Å². The summed E-state index contributed by atoms with van der Waals surface area (Å²) in [5.74, 6) is -1.52. The topological polar surface area (TPSA) is 112 Å². The van der Waals surface area contributed by atoms with Gasteiger partial charge in [0.1, 0.15) is 24.4 Å². The number of carbonyl (C=O) groups is 4. The first-order valence-electron chi connectivity index (χ1n) is 10.4. The van der Waals surface area contributed by atoms with E-state index in [2.05, 4.69) is 0 Å². The number of rotatable bonds is 8. The SMILES string of the molecule is C[C@@H](COC(=O)/C=C/C(=O)OC[C@H](C)N(C)C(=O)OC(C)(C)C)N(C)C(=O)OC(C)(C)C. The highest BCUT2D eigenvalue weighted by molar-refractivity contribution is 5.91. The van der Waals surface area contributed by atoms with Gasteiger partial charge in [-0.2, -0.15) is 0 Å². The van der Waals surface area contributed by atoms with Gasteiger partial charge >= 0.3 is 24.1 Å². The molecule has 0 radical (unpaired) electrons. The molecule has 0 bridgehead atoms. The fourth-order valence-electron chi connectivity index (χ4n) is 1.89. The number of amides is 2. The van der Waals surface area contributed by atoms with E-state index in [1.54, 1.807) is 55.4 Å². The number of nitrogens with zero attached hydrogens (tertiary/aromatic N) is 2. The smallest absolute Gasteiger partial charge is 0.410 e. The minimum atomic E-state index is -0.759. The number of esters is 2. The van der Waals surface area contributed by atoms with Crippen LogP contribution in [0.25, 0.3) is 0 Å². The van der Waals surface area contributed by atoms with E-state index in [9.17, 15) is 19.2 Å². The van der Waals surface area contributed by atoms with Crippen molar-refractivity contribution in [1.29, 1.82) is 0 Å². The Kier molecular flexibility index (Phi) is 11.2. The van der Waals surface area contributed by atoms with Gasteiger partial charge in [0.15, 0.2) is 0 Å². The van der Waals surface area contributed by atoms with Crippen molar-refractivity contribution in [2.45, 2.75) is 78.7 Å². The second-order valence-electron chi connectivity index (χ2n) is 9.47. The van der Waals surface area contributed by atoms with E-state index in [4.69, 9.17) is 18.9 Å². The normalized spacial score (nSPS) is 13.7. The Morgan fingerprint density at radius 2 is 0.969 bits per heavy atom. The molecule has 10 heteroatoms. The molecule has 0 saturated heterocycles. The van der Waals surface area contributed by atoms with Crippen molar-refractivity contribution in [2.75, 3.05) is 27.3 Å². The average molecular weight is 459 g/mol. The van der Waals surface area contributed by atoms with Crippen LogP contribution in [0.1, 0.15) is 55.4 Å². The van der Waals surface area contributed by atoms with Gasteiger partial charge in [-0.3, -0.25) is 0 Å². The molecule has 0 aliphatic rings. The van der Waals surface area contributed by atoms with Gasteiger partial charge in [0, 0.05) is 26.2 Å². The molecule has 2 amide bonds. The summed E-state index contributed by atoms with van der Waals surface area (Å²) in [6, 6.07) is -0.864. The van der Waals surface area contributed by atoms with Crippen LogP contribution in [0.4, 0.5) is 9.59 Å². The average Bonchev–Trinajstić information content (AvgIpc) is 2.64. The molecular weight excluding hydrogens is 420 g/mol. The van der Waals surface area contributed by atoms with E-state index in [-0.39, 0.29) is 13.2 Å². The van der Waals surface area contributed by atoms with Crippen LogP contribution in [-0.2, 0) is 28.5 Å². The number of hydrogen-bond acceptors (Lipinski definition) is 8. The maximum Gasteiger partial charge on any atom is 0.410 e. The van der Waals surface area contributed by atoms with Crippen molar-refractivity contribution in [2.24, 2.45) is 0 Å². The Morgan fingerprint density at radius 1 is 0.688 bits per heavy atom. The van der Waals surface area contributed by atoms with E-state index >= 15 is 0 Å². The highest BCUT2D eigenvalue weighted by Crippen LogP contribution is 2.12. The summed E-state index contributed by atoms with van der Waals surface area (Å²) in [5.41, 5.74) is -1.27. The van der Waals surface area contributed by atoms with E-state index in [0.717, 1.165) is 12.2 Å². The first kappa shape index (κ1) is 29.2. The fourth-order valence-corrected chi connectivity index (χ4v) is 1.89. The lowest BCUT2D eigenvalue weighted by molar-refractivity contribution is -0.141. The molecule has 184 valence electrons. The zero-order valence-electron chi connectivity index (χ0n) is 20.9. The lowest BCUT2D eigenvalue weighted by atomic mass is 10.2. The van der Waals surface area contributed by atoms with Gasteiger partial charge in [0.2, 0.25) is 0 Å². The maximum atomic E-state index is 12.0. The Hall–Kier alpha value is -2.78. The zero-order chi connectivity index (χ0) is 25.3. The minimum absolute atomic E-state index is 0.0777. The molecule has 0 rings (SSSR count). The predicted octanol–water partition coefficient (Wildman–Crippen LogP) is 3.14.